The quantitative estimate of drug-likeness (QED) is 0.330. The Morgan fingerprint density at radius 3 is 2.44 bits per heavy atom. The molecule has 5 aromatic rings. The minimum absolute atomic E-state index is 0.149. The molecule has 2 aliphatic rings. The van der Waals surface area contributed by atoms with E-state index in [0.717, 1.165) is 95.1 Å². The third-order valence-corrected chi connectivity index (χ3v) is 8.40. The van der Waals surface area contributed by atoms with Crippen LogP contribution in [0.5, 0.6) is 0 Å². The Morgan fingerprint density at radius 2 is 1.71 bits per heavy atom. The van der Waals surface area contributed by atoms with Crippen LogP contribution in [0.3, 0.4) is 0 Å². The molecule has 4 aromatic heterocycles. The van der Waals surface area contributed by atoms with Crippen molar-refractivity contribution in [1.29, 1.82) is 0 Å². The zero-order chi connectivity index (χ0) is 28.1. The van der Waals surface area contributed by atoms with Crippen LogP contribution in [0.25, 0.3) is 33.6 Å². The molecule has 0 radical (unpaired) electrons. The molecule has 10 nitrogen and oxygen atoms in total. The van der Waals surface area contributed by atoms with Gasteiger partial charge in [-0.05, 0) is 42.4 Å². The van der Waals surface area contributed by atoms with Crippen LogP contribution in [0.15, 0.2) is 55.2 Å². The van der Waals surface area contributed by atoms with Crippen molar-refractivity contribution in [2.75, 3.05) is 13.1 Å². The standard InChI is InChI=1S/C31H33N9O/c1-20(41)39-12-10-26(11-13-39)40-18-21(15-34-40)14-28-32-16-24-8-9-27-29(30(24)35-28)31(38(3)36-27)23-6-4-22(5-7-23)25-17-33-37(2)19-25/h4-7,15-19,26H,8-14H2,1-3H3. The topological polar surface area (TPSA) is 99.5 Å². The molecule has 1 aliphatic heterocycles. The molecular formula is C31H33N9O. The molecule has 0 saturated carbocycles. The van der Waals surface area contributed by atoms with E-state index in [2.05, 4.69) is 45.3 Å². The second-order valence-corrected chi connectivity index (χ2v) is 11.2. The summed E-state index contributed by atoms with van der Waals surface area (Å²) in [6, 6.07) is 8.91. The molecule has 1 aliphatic carbocycles. The van der Waals surface area contributed by atoms with Gasteiger partial charge in [0.25, 0.3) is 0 Å². The van der Waals surface area contributed by atoms with Gasteiger partial charge in [-0.25, -0.2) is 9.97 Å². The zero-order valence-electron chi connectivity index (χ0n) is 23.7. The Bertz CT molecular complexity index is 1740. The van der Waals surface area contributed by atoms with Crippen LogP contribution in [0, 0.1) is 0 Å². The number of nitrogens with zero attached hydrogens (tertiary/aromatic N) is 9. The van der Waals surface area contributed by atoms with Crippen molar-refractivity contribution in [2.45, 2.75) is 45.1 Å². The minimum atomic E-state index is 0.149. The maximum absolute atomic E-state index is 11.7. The maximum Gasteiger partial charge on any atom is 0.219 e. The summed E-state index contributed by atoms with van der Waals surface area (Å²) in [4.78, 5) is 23.4. The highest BCUT2D eigenvalue weighted by molar-refractivity contribution is 5.84. The van der Waals surface area contributed by atoms with Crippen molar-refractivity contribution in [3.63, 3.8) is 0 Å². The predicted molar refractivity (Wildman–Crippen MR) is 155 cm³/mol. The average molecular weight is 548 g/mol. The van der Waals surface area contributed by atoms with Gasteiger partial charge in [-0.3, -0.25) is 18.8 Å². The highest BCUT2D eigenvalue weighted by Gasteiger charge is 2.27. The summed E-state index contributed by atoms with van der Waals surface area (Å²) in [5.41, 5.74) is 9.85. The Labute approximate surface area is 238 Å². The third kappa shape index (κ3) is 4.73. The zero-order valence-corrected chi connectivity index (χ0v) is 23.7. The number of aryl methyl sites for hydroxylation is 4. The first-order valence-corrected chi connectivity index (χ1v) is 14.2. The number of piperidine rings is 1. The summed E-state index contributed by atoms with van der Waals surface area (Å²) < 4.78 is 5.86. The van der Waals surface area contributed by atoms with E-state index in [0.29, 0.717) is 12.5 Å². The van der Waals surface area contributed by atoms with Gasteiger partial charge in [-0.15, -0.1) is 0 Å². The van der Waals surface area contributed by atoms with Crippen molar-refractivity contribution >= 4 is 5.91 Å². The first-order chi connectivity index (χ1) is 19.9. The van der Waals surface area contributed by atoms with Crippen LogP contribution in [0.2, 0.25) is 0 Å². The number of carbonyl (C=O) groups is 1. The summed E-state index contributed by atoms with van der Waals surface area (Å²) in [5.74, 6) is 0.931. The van der Waals surface area contributed by atoms with E-state index >= 15 is 0 Å². The molecule has 5 heterocycles. The van der Waals surface area contributed by atoms with Gasteiger partial charge in [0.1, 0.15) is 5.82 Å². The van der Waals surface area contributed by atoms with Gasteiger partial charge in [-0.2, -0.15) is 15.3 Å². The number of benzene rings is 1. The normalized spacial score (nSPS) is 15.1. The molecule has 0 unspecified atom stereocenters. The van der Waals surface area contributed by atoms with Gasteiger partial charge in [0, 0.05) is 75.8 Å². The van der Waals surface area contributed by atoms with E-state index in [1.165, 1.54) is 0 Å². The van der Waals surface area contributed by atoms with E-state index < -0.39 is 0 Å². The lowest BCUT2D eigenvalue weighted by Crippen LogP contribution is -2.37. The lowest BCUT2D eigenvalue weighted by Gasteiger charge is -2.31. The van der Waals surface area contributed by atoms with Crippen LogP contribution < -0.4 is 0 Å². The Hall–Kier alpha value is -4.60. The van der Waals surface area contributed by atoms with Crippen molar-refractivity contribution in [3.05, 3.63) is 77.9 Å². The fourth-order valence-corrected chi connectivity index (χ4v) is 6.20. The summed E-state index contributed by atoms with van der Waals surface area (Å²) in [6.07, 6.45) is 14.2. The number of likely N-dealkylation sites (tertiary alicyclic amines) is 1. The van der Waals surface area contributed by atoms with E-state index in [1.807, 2.05) is 53.1 Å². The summed E-state index contributed by atoms with van der Waals surface area (Å²) in [5, 5.41) is 13.9. The van der Waals surface area contributed by atoms with Gasteiger partial charge in [0.15, 0.2) is 0 Å². The van der Waals surface area contributed by atoms with Crippen molar-refractivity contribution in [2.24, 2.45) is 14.1 Å². The van der Waals surface area contributed by atoms with Crippen molar-refractivity contribution in [1.82, 2.24) is 44.2 Å². The molecule has 1 amide bonds. The molecular weight excluding hydrogens is 514 g/mol. The van der Waals surface area contributed by atoms with Crippen LogP contribution in [-0.4, -0.2) is 63.2 Å². The van der Waals surface area contributed by atoms with Crippen LogP contribution in [0.1, 0.15) is 48.5 Å². The third-order valence-electron chi connectivity index (χ3n) is 8.40. The SMILES string of the molecule is CC(=O)N1CCC(n2cc(Cc3ncc4c(n3)-c3c(nn(C)c3-c3ccc(-c5cnn(C)c5)cc3)CC4)cn2)CC1. The van der Waals surface area contributed by atoms with Gasteiger partial charge >= 0.3 is 0 Å². The van der Waals surface area contributed by atoms with Crippen LogP contribution in [0.4, 0.5) is 0 Å². The molecule has 41 heavy (non-hydrogen) atoms. The van der Waals surface area contributed by atoms with Gasteiger partial charge in [0.2, 0.25) is 5.91 Å². The summed E-state index contributed by atoms with van der Waals surface area (Å²) in [7, 11) is 3.94. The average Bonchev–Trinajstić information content (AvgIpc) is 3.71. The number of aromatic nitrogens is 8. The van der Waals surface area contributed by atoms with E-state index in [9.17, 15) is 4.79 Å². The van der Waals surface area contributed by atoms with Crippen LogP contribution >= 0.6 is 0 Å². The van der Waals surface area contributed by atoms with Gasteiger partial charge < -0.3 is 4.90 Å². The molecule has 1 fully saturated rings. The van der Waals surface area contributed by atoms with Crippen molar-refractivity contribution < 1.29 is 4.79 Å². The maximum atomic E-state index is 11.7. The molecule has 208 valence electrons. The molecule has 1 saturated heterocycles. The molecule has 10 heteroatoms. The number of fused-ring (bicyclic) bond motifs is 3. The summed E-state index contributed by atoms with van der Waals surface area (Å²) in [6.45, 7) is 3.21. The largest absolute Gasteiger partial charge is 0.343 e. The fraction of sp³-hybridized carbons (Fsp3) is 0.355. The van der Waals surface area contributed by atoms with E-state index in [-0.39, 0.29) is 5.91 Å². The summed E-state index contributed by atoms with van der Waals surface area (Å²) >= 11 is 0. The first kappa shape index (κ1) is 25.4. The Morgan fingerprint density at radius 1 is 0.927 bits per heavy atom. The highest BCUT2D eigenvalue weighted by Crippen LogP contribution is 2.39. The predicted octanol–water partition coefficient (Wildman–Crippen LogP) is 4.01. The molecule has 7 rings (SSSR count). The number of carbonyl (C=O) groups excluding carboxylic acids is 1. The first-order valence-electron chi connectivity index (χ1n) is 14.2. The molecule has 0 spiro atoms. The lowest BCUT2D eigenvalue weighted by atomic mass is 9.91. The molecule has 0 bridgehead atoms. The molecule has 0 N–H and O–H groups in total. The molecule has 1 aromatic carbocycles. The number of rotatable bonds is 5. The second-order valence-electron chi connectivity index (χ2n) is 11.2. The fourth-order valence-electron chi connectivity index (χ4n) is 6.20. The monoisotopic (exact) mass is 547 g/mol. The molecule has 0 atom stereocenters. The number of hydrogen-bond acceptors (Lipinski definition) is 6. The smallest absolute Gasteiger partial charge is 0.219 e. The van der Waals surface area contributed by atoms with Crippen molar-refractivity contribution in [3.8, 4) is 33.6 Å². The van der Waals surface area contributed by atoms with E-state index in [1.54, 1.807) is 6.92 Å². The second kappa shape index (κ2) is 10.1. The Kier molecular flexibility index (Phi) is 6.25. The highest BCUT2D eigenvalue weighted by atomic mass is 16.2. The number of hydrogen-bond donors (Lipinski definition) is 0. The lowest BCUT2D eigenvalue weighted by molar-refractivity contribution is -0.130. The number of amides is 1. The van der Waals surface area contributed by atoms with Crippen LogP contribution in [-0.2, 0) is 38.2 Å². The Balaban J connectivity index is 1.15. The minimum Gasteiger partial charge on any atom is -0.343 e. The van der Waals surface area contributed by atoms with E-state index in [4.69, 9.17) is 15.1 Å². The van der Waals surface area contributed by atoms with Gasteiger partial charge in [-0.1, -0.05) is 24.3 Å². The van der Waals surface area contributed by atoms with Gasteiger partial charge in [0.05, 0.1) is 35.5 Å².